The first kappa shape index (κ1) is 16.8. The molecule has 118 valence electrons. The Labute approximate surface area is 136 Å². The van der Waals surface area contributed by atoms with Crippen LogP contribution in [0.1, 0.15) is 32.3 Å². The smallest absolute Gasteiger partial charge is 0.0476 e. The second kappa shape index (κ2) is 8.16. The average molecular weight is 355 g/mol. The van der Waals surface area contributed by atoms with Gasteiger partial charge < -0.3 is 15.3 Å². The summed E-state index contributed by atoms with van der Waals surface area (Å²) in [5, 5.41) is 13.0. The minimum Gasteiger partial charge on any atom is -0.396 e. The van der Waals surface area contributed by atoms with Crippen molar-refractivity contribution in [1.29, 1.82) is 0 Å². The molecule has 1 aromatic carbocycles. The van der Waals surface area contributed by atoms with Gasteiger partial charge in [0.2, 0.25) is 0 Å². The maximum absolute atomic E-state index is 9.43. The average Bonchev–Trinajstić information content (AvgIpc) is 2.47. The summed E-state index contributed by atoms with van der Waals surface area (Å²) in [4.78, 5) is 2.43. The Morgan fingerprint density at radius 1 is 1.43 bits per heavy atom. The van der Waals surface area contributed by atoms with E-state index >= 15 is 0 Å². The Balaban J connectivity index is 2.10. The Morgan fingerprint density at radius 3 is 2.95 bits per heavy atom. The van der Waals surface area contributed by atoms with Crippen LogP contribution in [0.15, 0.2) is 22.7 Å². The third kappa shape index (κ3) is 4.97. The minimum absolute atomic E-state index is 0.300. The second-order valence-corrected chi connectivity index (χ2v) is 7.35. The highest BCUT2D eigenvalue weighted by atomic mass is 79.9. The van der Waals surface area contributed by atoms with Crippen LogP contribution in [0, 0.1) is 11.8 Å². The van der Waals surface area contributed by atoms with Crippen molar-refractivity contribution < 1.29 is 5.11 Å². The summed E-state index contributed by atoms with van der Waals surface area (Å²) < 4.78 is 1.13. The first-order valence-electron chi connectivity index (χ1n) is 7.95. The molecule has 0 saturated carbocycles. The number of aliphatic hydroxyl groups excluding tert-OH is 1. The van der Waals surface area contributed by atoms with Crippen molar-refractivity contribution in [3.8, 4) is 0 Å². The molecule has 0 aromatic heterocycles. The number of rotatable bonds is 6. The highest BCUT2D eigenvalue weighted by molar-refractivity contribution is 9.10. The molecule has 1 aliphatic rings. The summed E-state index contributed by atoms with van der Waals surface area (Å²) >= 11 is 3.58. The molecule has 1 heterocycles. The lowest BCUT2D eigenvalue weighted by Gasteiger charge is -2.35. The van der Waals surface area contributed by atoms with Crippen molar-refractivity contribution in [3.05, 3.63) is 28.2 Å². The van der Waals surface area contributed by atoms with Gasteiger partial charge in [-0.05, 0) is 55.0 Å². The summed E-state index contributed by atoms with van der Waals surface area (Å²) in [6.07, 6.45) is 2.31. The normalized spacial score (nSPS) is 19.3. The molecule has 0 radical (unpaired) electrons. The Hall–Kier alpha value is -0.580. The van der Waals surface area contributed by atoms with E-state index in [9.17, 15) is 5.11 Å². The SMILES string of the molecule is CC(C)CNCc1cc(Br)ccc1N1CCCC(CO)C1. The Morgan fingerprint density at radius 2 is 2.24 bits per heavy atom. The Kier molecular flexibility index (Phi) is 6.52. The van der Waals surface area contributed by atoms with Crippen molar-refractivity contribution >= 4 is 21.6 Å². The molecule has 3 nitrogen and oxygen atoms in total. The molecule has 2 N–H and O–H groups in total. The van der Waals surface area contributed by atoms with Crippen molar-refractivity contribution in [1.82, 2.24) is 5.32 Å². The molecule has 1 atom stereocenters. The predicted octanol–water partition coefficient (Wildman–Crippen LogP) is 3.40. The maximum atomic E-state index is 9.43. The lowest BCUT2D eigenvalue weighted by molar-refractivity contribution is 0.208. The van der Waals surface area contributed by atoms with Gasteiger partial charge in [-0.2, -0.15) is 0 Å². The molecule has 0 bridgehead atoms. The lowest BCUT2D eigenvalue weighted by Crippen LogP contribution is -2.37. The third-order valence-corrected chi connectivity index (χ3v) is 4.52. The van der Waals surface area contributed by atoms with Gasteiger partial charge in [-0.25, -0.2) is 0 Å². The van der Waals surface area contributed by atoms with Crippen molar-refractivity contribution in [3.63, 3.8) is 0 Å². The van der Waals surface area contributed by atoms with Gasteiger partial charge >= 0.3 is 0 Å². The number of nitrogens with one attached hydrogen (secondary N) is 1. The van der Waals surface area contributed by atoms with Crippen LogP contribution in [-0.2, 0) is 6.54 Å². The number of hydrogen-bond acceptors (Lipinski definition) is 3. The second-order valence-electron chi connectivity index (χ2n) is 6.43. The molecule has 0 amide bonds. The standard InChI is InChI=1S/C17H27BrN2O/c1-13(2)9-19-10-15-8-16(18)5-6-17(15)20-7-3-4-14(11-20)12-21/h5-6,8,13-14,19,21H,3-4,7,9-12H2,1-2H3. The van der Waals surface area contributed by atoms with E-state index in [2.05, 4.69) is 58.2 Å². The lowest BCUT2D eigenvalue weighted by atomic mass is 9.97. The van der Waals surface area contributed by atoms with Crippen LogP contribution in [0.3, 0.4) is 0 Å². The molecular formula is C17H27BrN2O. The van der Waals surface area contributed by atoms with Gasteiger partial charge in [0, 0.05) is 36.4 Å². The van der Waals surface area contributed by atoms with E-state index in [1.165, 1.54) is 17.7 Å². The van der Waals surface area contributed by atoms with E-state index in [1.807, 2.05) is 0 Å². The van der Waals surface area contributed by atoms with Crippen molar-refractivity contribution in [2.24, 2.45) is 11.8 Å². The fourth-order valence-corrected chi connectivity index (χ4v) is 3.34. The number of halogens is 1. The number of benzene rings is 1. The van der Waals surface area contributed by atoms with Crippen LogP contribution < -0.4 is 10.2 Å². The van der Waals surface area contributed by atoms with E-state index in [0.29, 0.717) is 18.4 Å². The number of hydrogen-bond donors (Lipinski definition) is 2. The van der Waals surface area contributed by atoms with Gasteiger partial charge in [0.15, 0.2) is 0 Å². The van der Waals surface area contributed by atoms with Crippen molar-refractivity contribution in [2.75, 3.05) is 31.1 Å². The molecule has 4 heteroatoms. The highest BCUT2D eigenvalue weighted by Crippen LogP contribution is 2.28. The van der Waals surface area contributed by atoms with Gasteiger partial charge in [-0.15, -0.1) is 0 Å². The van der Waals surface area contributed by atoms with Gasteiger partial charge in [0.1, 0.15) is 0 Å². The molecule has 1 fully saturated rings. The van der Waals surface area contributed by atoms with Gasteiger partial charge in [-0.1, -0.05) is 29.8 Å². The molecule has 0 spiro atoms. The molecule has 1 aliphatic heterocycles. The van der Waals surface area contributed by atoms with Crippen LogP contribution in [-0.4, -0.2) is 31.3 Å². The third-order valence-electron chi connectivity index (χ3n) is 4.03. The van der Waals surface area contributed by atoms with Crippen molar-refractivity contribution in [2.45, 2.75) is 33.2 Å². The highest BCUT2D eigenvalue weighted by Gasteiger charge is 2.21. The fraction of sp³-hybridized carbons (Fsp3) is 0.647. The van der Waals surface area contributed by atoms with E-state index in [0.717, 1.165) is 37.1 Å². The van der Waals surface area contributed by atoms with E-state index in [1.54, 1.807) is 0 Å². The number of aliphatic hydroxyl groups is 1. The zero-order chi connectivity index (χ0) is 15.2. The summed E-state index contributed by atoms with van der Waals surface area (Å²) in [5.74, 6) is 1.08. The minimum atomic E-state index is 0.300. The number of piperidine rings is 1. The van der Waals surface area contributed by atoms with Crippen LogP contribution in [0.5, 0.6) is 0 Å². The van der Waals surface area contributed by atoms with Crippen LogP contribution in [0.4, 0.5) is 5.69 Å². The Bertz CT molecular complexity index is 450. The monoisotopic (exact) mass is 354 g/mol. The molecular weight excluding hydrogens is 328 g/mol. The molecule has 0 aliphatic carbocycles. The maximum Gasteiger partial charge on any atom is 0.0476 e. The summed E-state index contributed by atoms with van der Waals surface area (Å²) in [7, 11) is 0. The quantitative estimate of drug-likeness (QED) is 0.821. The van der Waals surface area contributed by atoms with E-state index in [-0.39, 0.29) is 0 Å². The van der Waals surface area contributed by atoms with E-state index < -0.39 is 0 Å². The molecule has 1 unspecified atom stereocenters. The summed E-state index contributed by atoms with van der Waals surface area (Å²) in [6, 6.07) is 6.53. The fourth-order valence-electron chi connectivity index (χ4n) is 2.93. The van der Waals surface area contributed by atoms with Gasteiger partial charge in [-0.3, -0.25) is 0 Å². The van der Waals surface area contributed by atoms with Gasteiger partial charge in [0.05, 0.1) is 0 Å². The zero-order valence-electron chi connectivity index (χ0n) is 13.1. The summed E-state index contributed by atoms with van der Waals surface area (Å²) in [5.41, 5.74) is 2.65. The zero-order valence-corrected chi connectivity index (χ0v) is 14.7. The topological polar surface area (TPSA) is 35.5 Å². The number of anilines is 1. The van der Waals surface area contributed by atoms with E-state index in [4.69, 9.17) is 0 Å². The van der Waals surface area contributed by atoms with Crippen LogP contribution in [0.25, 0.3) is 0 Å². The predicted molar refractivity (Wildman–Crippen MR) is 92.7 cm³/mol. The molecule has 1 aromatic rings. The number of nitrogens with zero attached hydrogens (tertiary/aromatic N) is 1. The van der Waals surface area contributed by atoms with Gasteiger partial charge in [0.25, 0.3) is 0 Å². The van der Waals surface area contributed by atoms with Crippen LogP contribution >= 0.6 is 15.9 Å². The first-order valence-corrected chi connectivity index (χ1v) is 8.74. The molecule has 21 heavy (non-hydrogen) atoms. The molecule has 2 rings (SSSR count). The molecule has 1 saturated heterocycles. The largest absolute Gasteiger partial charge is 0.396 e. The first-order chi connectivity index (χ1) is 10.1. The van der Waals surface area contributed by atoms with Crippen LogP contribution in [0.2, 0.25) is 0 Å². The summed E-state index contributed by atoms with van der Waals surface area (Å²) in [6.45, 7) is 8.74.